The van der Waals surface area contributed by atoms with Gasteiger partial charge in [-0.2, -0.15) is 8.78 Å². The molecule has 0 fully saturated rings. The third-order valence-electron chi connectivity index (χ3n) is 3.23. The van der Waals surface area contributed by atoms with Crippen molar-refractivity contribution in [3.8, 4) is 5.75 Å². The number of hydrogen-bond acceptors (Lipinski definition) is 2. The summed E-state index contributed by atoms with van der Waals surface area (Å²) in [5, 5.41) is 3.67. The molecule has 0 aliphatic rings. The zero-order valence-electron chi connectivity index (χ0n) is 11.8. The lowest BCUT2D eigenvalue weighted by Gasteiger charge is -2.13. The maximum atomic E-state index is 12.4. The van der Waals surface area contributed by atoms with Gasteiger partial charge in [-0.05, 0) is 55.3 Å². The molecule has 1 N–H and O–H groups in total. The molecule has 2 aromatic rings. The van der Waals surface area contributed by atoms with Gasteiger partial charge >= 0.3 is 6.61 Å². The van der Waals surface area contributed by atoms with E-state index >= 15 is 0 Å². The van der Waals surface area contributed by atoms with Crippen molar-refractivity contribution in [3.05, 3.63) is 58.1 Å². The summed E-state index contributed by atoms with van der Waals surface area (Å²) in [6.07, 6.45) is 0. The van der Waals surface area contributed by atoms with Crippen LogP contribution in [0.5, 0.6) is 5.75 Å². The van der Waals surface area contributed by atoms with Gasteiger partial charge in [0.1, 0.15) is 5.75 Å². The van der Waals surface area contributed by atoms with Crippen LogP contribution >= 0.6 is 11.6 Å². The van der Waals surface area contributed by atoms with Crippen molar-refractivity contribution >= 4 is 17.3 Å². The first-order valence-corrected chi connectivity index (χ1v) is 6.88. The Morgan fingerprint density at radius 1 is 1.10 bits per heavy atom. The number of anilines is 1. The Kier molecular flexibility index (Phi) is 5.02. The average Bonchev–Trinajstić information content (AvgIpc) is 2.42. The van der Waals surface area contributed by atoms with Gasteiger partial charge < -0.3 is 10.1 Å². The van der Waals surface area contributed by atoms with E-state index in [0.29, 0.717) is 17.1 Å². The van der Waals surface area contributed by atoms with Crippen LogP contribution in [-0.2, 0) is 6.54 Å². The van der Waals surface area contributed by atoms with Crippen molar-refractivity contribution in [1.82, 2.24) is 0 Å². The van der Waals surface area contributed by atoms with Gasteiger partial charge in [-0.1, -0.05) is 17.7 Å². The van der Waals surface area contributed by atoms with E-state index in [1.54, 1.807) is 6.07 Å². The Morgan fingerprint density at radius 2 is 1.86 bits per heavy atom. The third-order valence-corrected chi connectivity index (χ3v) is 3.46. The molecular formula is C16H16ClF2NO. The molecule has 0 radical (unpaired) electrons. The highest BCUT2D eigenvalue weighted by molar-refractivity contribution is 6.30. The fraction of sp³-hybridized carbons (Fsp3) is 0.250. The number of hydrogen-bond donors (Lipinski definition) is 1. The van der Waals surface area contributed by atoms with Gasteiger partial charge in [-0.25, -0.2) is 0 Å². The highest BCUT2D eigenvalue weighted by atomic mass is 35.5. The monoisotopic (exact) mass is 311 g/mol. The van der Waals surface area contributed by atoms with E-state index in [4.69, 9.17) is 11.6 Å². The van der Waals surface area contributed by atoms with Crippen LogP contribution in [0.4, 0.5) is 14.5 Å². The summed E-state index contributed by atoms with van der Waals surface area (Å²) in [5.74, 6) is 0.130. The van der Waals surface area contributed by atoms with Gasteiger partial charge in [-0.3, -0.25) is 0 Å². The van der Waals surface area contributed by atoms with Crippen molar-refractivity contribution in [1.29, 1.82) is 0 Å². The van der Waals surface area contributed by atoms with Crippen LogP contribution in [0.1, 0.15) is 16.7 Å². The zero-order valence-corrected chi connectivity index (χ0v) is 12.5. The highest BCUT2D eigenvalue weighted by Gasteiger charge is 2.10. The van der Waals surface area contributed by atoms with Crippen molar-refractivity contribution in [3.63, 3.8) is 0 Å². The number of rotatable bonds is 5. The fourth-order valence-electron chi connectivity index (χ4n) is 1.95. The Hall–Kier alpha value is -1.81. The van der Waals surface area contributed by atoms with Crippen molar-refractivity contribution < 1.29 is 13.5 Å². The van der Waals surface area contributed by atoms with Crippen LogP contribution in [0.2, 0.25) is 5.02 Å². The number of benzene rings is 2. The minimum Gasteiger partial charge on any atom is -0.434 e. The summed E-state index contributed by atoms with van der Waals surface area (Å²) in [5.41, 5.74) is 3.86. The first-order valence-electron chi connectivity index (χ1n) is 6.50. The molecule has 2 nitrogen and oxygen atoms in total. The van der Waals surface area contributed by atoms with E-state index in [-0.39, 0.29) is 5.75 Å². The first-order chi connectivity index (χ1) is 9.95. The molecule has 0 aliphatic heterocycles. The second-order valence-electron chi connectivity index (χ2n) is 4.78. The van der Waals surface area contributed by atoms with Gasteiger partial charge in [-0.15, -0.1) is 0 Å². The van der Waals surface area contributed by atoms with Crippen molar-refractivity contribution in [2.24, 2.45) is 0 Å². The standard InChI is InChI=1S/C16H16ClF2NO/c1-10-3-5-14(7-11(10)2)20-9-12-8-13(17)4-6-15(12)21-16(18)19/h3-8,16,20H,9H2,1-2H3. The fourth-order valence-corrected chi connectivity index (χ4v) is 2.14. The molecule has 21 heavy (non-hydrogen) atoms. The van der Waals surface area contributed by atoms with E-state index in [2.05, 4.69) is 10.1 Å². The molecular weight excluding hydrogens is 296 g/mol. The average molecular weight is 312 g/mol. The summed E-state index contributed by atoms with van der Waals surface area (Å²) in [4.78, 5) is 0. The first kappa shape index (κ1) is 15.6. The molecule has 0 saturated carbocycles. The summed E-state index contributed by atoms with van der Waals surface area (Å²) < 4.78 is 29.3. The molecule has 0 unspecified atom stereocenters. The molecule has 2 rings (SSSR count). The van der Waals surface area contributed by atoms with E-state index in [9.17, 15) is 8.78 Å². The molecule has 0 spiro atoms. The summed E-state index contributed by atoms with van der Waals surface area (Å²) >= 11 is 5.91. The van der Waals surface area contributed by atoms with Crippen LogP contribution in [0.25, 0.3) is 0 Å². The highest BCUT2D eigenvalue weighted by Crippen LogP contribution is 2.25. The van der Waals surface area contributed by atoms with E-state index in [1.165, 1.54) is 17.7 Å². The van der Waals surface area contributed by atoms with Crippen LogP contribution in [0, 0.1) is 13.8 Å². The number of ether oxygens (including phenoxy) is 1. The summed E-state index contributed by atoms with van der Waals surface area (Å²) in [6.45, 7) is 1.55. The molecule has 0 heterocycles. The normalized spacial score (nSPS) is 10.8. The van der Waals surface area contributed by atoms with Crippen LogP contribution in [-0.4, -0.2) is 6.61 Å². The summed E-state index contributed by atoms with van der Waals surface area (Å²) in [7, 11) is 0. The third kappa shape index (κ3) is 4.33. The lowest BCUT2D eigenvalue weighted by molar-refractivity contribution is -0.0504. The molecule has 2 aromatic carbocycles. The largest absolute Gasteiger partial charge is 0.434 e. The van der Waals surface area contributed by atoms with Gasteiger partial charge in [0.05, 0.1) is 0 Å². The lowest BCUT2D eigenvalue weighted by atomic mass is 10.1. The van der Waals surface area contributed by atoms with Crippen molar-refractivity contribution in [2.75, 3.05) is 5.32 Å². The Morgan fingerprint density at radius 3 is 2.52 bits per heavy atom. The molecule has 0 saturated heterocycles. The summed E-state index contributed by atoms with van der Waals surface area (Å²) in [6, 6.07) is 10.6. The number of halogens is 3. The van der Waals surface area contributed by atoms with E-state index in [1.807, 2.05) is 32.0 Å². The molecule has 0 aromatic heterocycles. The number of aryl methyl sites for hydroxylation is 2. The topological polar surface area (TPSA) is 21.3 Å². The van der Waals surface area contributed by atoms with Gasteiger partial charge in [0, 0.05) is 22.8 Å². The molecule has 0 amide bonds. The Labute approximate surface area is 127 Å². The zero-order chi connectivity index (χ0) is 15.4. The van der Waals surface area contributed by atoms with Crippen LogP contribution in [0.3, 0.4) is 0 Å². The van der Waals surface area contributed by atoms with Crippen LogP contribution in [0.15, 0.2) is 36.4 Å². The Bertz CT molecular complexity index is 632. The van der Waals surface area contributed by atoms with Crippen molar-refractivity contribution in [2.45, 2.75) is 27.0 Å². The predicted molar refractivity (Wildman–Crippen MR) is 81.3 cm³/mol. The SMILES string of the molecule is Cc1ccc(NCc2cc(Cl)ccc2OC(F)F)cc1C. The number of alkyl halides is 2. The molecule has 5 heteroatoms. The molecule has 0 atom stereocenters. The molecule has 0 aliphatic carbocycles. The lowest BCUT2D eigenvalue weighted by Crippen LogP contribution is -2.07. The minimum absolute atomic E-state index is 0.130. The van der Waals surface area contributed by atoms with Crippen LogP contribution < -0.4 is 10.1 Å². The Balaban J connectivity index is 2.14. The minimum atomic E-state index is -2.86. The number of nitrogens with one attached hydrogen (secondary N) is 1. The maximum Gasteiger partial charge on any atom is 0.387 e. The molecule has 112 valence electrons. The maximum absolute atomic E-state index is 12.4. The van der Waals surface area contributed by atoms with Gasteiger partial charge in [0.15, 0.2) is 0 Å². The smallest absolute Gasteiger partial charge is 0.387 e. The second-order valence-corrected chi connectivity index (χ2v) is 5.22. The van der Waals surface area contributed by atoms with Gasteiger partial charge in [0.2, 0.25) is 0 Å². The van der Waals surface area contributed by atoms with E-state index < -0.39 is 6.61 Å². The second kappa shape index (κ2) is 6.76. The van der Waals surface area contributed by atoms with Gasteiger partial charge in [0.25, 0.3) is 0 Å². The molecule has 0 bridgehead atoms. The predicted octanol–water partition coefficient (Wildman–Crippen LogP) is 5.17. The van der Waals surface area contributed by atoms with E-state index in [0.717, 1.165) is 11.3 Å². The quantitative estimate of drug-likeness (QED) is 0.822.